The quantitative estimate of drug-likeness (QED) is 0.555. The van der Waals surface area contributed by atoms with Crippen molar-refractivity contribution in [2.75, 3.05) is 0 Å². The molecule has 4 rings (SSSR count). The normalized spacial score (nSPS) is 15.6. The fraction of sp³-hybridized carbons (Fsp3) is 0.100. The Bertz CT molecular complexity index is 790. The lowest BCUT2D eigenvalue weighted by Gasteiger charge is -2.14. The van der Waals surface area contributed by atoms with Crippen LogP contribution in [0.5, 0.6) is 0 Å². The summed E-state index contributed by atoms with van der Waals surface area (Å²) in [5, 5.41) is 0. The summed E-state index contributed by atoms with van der Waals surface area (Å²) in [6.07, 6.45) is 1.06. The number of rotatable bonds is 2. The minimum atomic E-state index is 0.455. The van der Waals surface area contributed by atoms with Crippen molar-refractivity contribution in [3.63, 3.8) is 0 Å². The molecule has 0 aromatic heterocycles. The molecule has 0 amide bonds. The number of fused-ring (bicyclic) bond motifs is 3. The smallest absolute Gasteiger partial charge is 0.0178 e. The van der Waals surface area contributed by atoms with Crippen molar-refractivity contribution in [3.05, 3.63) is 94.0 Å². The highest BCUT2D eigenvalue weighted by Gasteiger charge is 2.28. The highest BCUT2D eigenvalue weighted by Crippen LogP contribution is 2.46. The molecule has 0 spiro atoms. The van der Waals surface area contributed by atoms with E-state index in [9.17, 15) is 0 Å². The number of hydrogen-bond donors (Lipinski definition) is 0. The molecule has 1 aliphatic rings. The second-order valence-electron chi connectivity index (χ2n) is 5.56. The van der Waals surface area contributed by atoms with Gasteiger partial charge in [0.15, 0.2) is 0 Å². The van der Waals surface area contributed by atoms with E-state index in [2.05, 4.69) is 88.7 Å². The minimum absolute atomic E-state index is 0.455. The summed E-state index contributed by atoms with van der Waals surface area (Å²) < 4.78 is 1.16. The molecule has 0 saturated carbocycles. The van der Waals surface area contributed by atoms with Crippen LogP contribution in [0.15, 0.2) is 77.3 Å². The molecule has 0 N–H and O–H groups in total. The number of benzene rings is 3. The van der Waals surface area contributed by atoms with Gasteiger partial charge in [0.25, 0.3) is 0 Å². The van der Waals surface area contributed by atoms with Crippen LogP contribution in [0.1, 0.15) is 22.6 Å². The first-order valence-electron chi connectivity index (χ1n) is 7.25. The van der Waals surface area contributed by atoms with E-state index in [-0.39, 0.29) is 0 Å². The molecule has 3 aromatic carbocycles. The Kier molecular flexibility index (Phi) is 3.16. The maximum atomic E-state index is 3.62. The van der Waals surface area contributed by atoms with Gasteiger partial charge in [-0.15, -0.1) is 0 Å². The van der Waals surface area contributed by atoms with Crippen LogP contribution < -0.4 is 0 Å². The number of hydrogen-bond acceptors (Lipinski definition) is 0. The average molecular weight is 335 g/mol. The van der Waals surface area contributed by atoms with E-state index in [0.717, 1.165) is 10.9 Å². The monoisotopic (exact) mass is 334 g/mol. The van der Waals surface area contributed by atoms with E-state index in [1.54, 1.807) is 0 Å². The van der Waals surface area contributed by atoms with Gasteiger partial charge in [-0.25, -0.2) is 0 Å². The van der Waals surface area contributed by atoms with Crippen molar-refractivity contribution >= 4 is 15.9 Å². The summed E-state index contributed by atoms with van der Waals surface area (Å²) in [5.41, 5.74) is 7.06. The van der Waals surface area contributed by atoms with Gasteiger partial charge in [-0.05, 0) is 46.4 Å². The molecule has 1 unspecified atom stereocenters. The van der Waals surface area contributed by atoms with E-state index in [0.29, 0.717) is 5.92 Å². The van der Waals surface area contributed by atoms with Crippen LogP contribution in [0.3, 0.4) is 0 Å². The van der Waals surface area contributed by atoms with Gasteiger partial charge in [0.2, 0.25) is 0 Å². The van der Waals surface area contributed by atoms with Gasteiger partial charge in [-0.1, -0.05) is 76.6 Å². The third-order valence-corrected chi connectivity index (χ3v) is 4.79. The Morgan fingerprint density at radius 1 is 0.714 bits per heavy atom. The van der Waals surface area contributed by atoms with E-state index >= 15 is 0 Å². The average Bonchev–Trinajstić information content (AvgIpc) is 2.82. The third kappa shape index (κ3) is 2.22. The maximum Gasteiger partial charge on any atom is 0.0178 e. The van der Waals surface area contributed by atoms with Crippen molar-refractivity contribution in [2.24, 2.45) is 0 Å². The van der Waals surface area contributed by atoms with Crippen LogP contribution in [0.4, 0.5) is 0 Å². The van der Waals surface area contributed by atoms with Crippen molar-refractivity contribution in [2.45, 2.75) is 12.3 Å². The molecule has 1 heteroatoms. The topological polar surface area (TPSA) is 0 Å². The molecule has 0 bridgehead atoms. The predicted molar refractivity (Wildman–Crippen MR) is 91.6 cm³/mol. The molecule has 0 aliphatic heterocycles. The zero-order chi connectivity index (χ0) is 14.2. The van der Waals surface area contributed by atoms with Crippen molar-refractivity contribution in [1.29, 1.82) is 0 Å². The molecule has 3 aromatic rings. The van der Waals surface area contributed by atoms with Crippen molar-refractivity contribution in [3.8, 4) is 11.1 Å². The summed E-state index contributed by atoms with van der Waals surface area (Å²) in [5.74, 6) is 0.455. The van der Waals surface area contributed by atoms with Gasteiger partial charge in [0.05, 0.1) is 0 Å². The summed E-state index contributed by atoms with van der Waals surface area (Å²) in [7, 11) is 0. The molecular formula is C20H15Br. The van der Waals surface area contributed by atoms with Crippen LogP contribution in [0.2, 0.25) is 0 Å². The third-order valence-electron chi connectivity index (χ3n) is 4.30. The van der Waals surface area contributed by atoms with Crippen LogP contribution >= 0.6 is 15.9 Å². The fourth-order valence-corrected chi connectivity index (χ4v) is 3.73. The number of halogens is 1. The Balaban J connectivity index is 1.85. The van der Waals surface area contributed by atoms with Gasteiger partial charge >= 0.3 is 0 Å². The first-order chi connectivity index (χ1) is 10.3. The Labute approximate surface area is 133 Å². The van der Waals surface area contributed by atoms with Gasteiger partial charge in [-0.3, -0.25) is 0 Å². The summed E-state index contributed by atoms with van der Waals surface area (Å²) in [6.45, 7) is 0. The lowest BCUT2D eigenvalue weighted by molar-refractivity contribution is 0.826. The summed E-state index contributed by atoms with van der Waals surface area (Å²) in [4.78, 5) is 0. The molecule has 0 saturated heterocycles. The highest BCUT2D eigenvalue weighted by molar-refractivity contribution is 9.10. The molecule has 1 aliphatic carbocycles. The van der Waals surface area contributed by atoms with Crippen LogP contribution in [0.25, 0.3) is 11.1 Å². The Morgan fingerprint density at radius 3 is 2.29 bits per heavy atom. The lowest BCUT2D eigenvalue weighted by Crippen LogP contribution is -2.01. The van der Waals surface area contributed by atoms with E-state index < -0.39 is 0 Å². The van der Waals surface area contributed by atoms with E-state index in [4.69, 9.17) is 0 Å². The second kappa shape index (κ2) is 5.16. The Hall–Kier alpha value is -1.86. The molecular weight excluding hydrogens is 320 g/mol. The minimum Gasteiger partial charge on any atom is -0.0622 e. The second-order valence-corrected chi connectivity index (χ2v) is 6.48. The van der Waals surface area contributed by atoms with E-state index in [1.807, 2.05) is 0 Å². The Morgan fingerprint density at radius 2 is 1.43 bits per heavy atom. The predicted octanol–water partition coefficient (Wildman–Crippen LogP) is 5.80. The first kappa shape index (κ1) is 12.8. The molecule has 102 valence electrons. The first-order valence-corrected chi connectivity index (χ1v) is 8.05. The zero-order valence-electron chi connectivity index (χ0n) is 11.6. The van der Waals surface area contributed by atoms with Gasteiger partial charge in [-0.2, -0.15) is 0 Å². The zero-order valence-corrected chi connectivity index (χ0v) is 13.2. The largest absolute Gasteiger partial charge is 0.0622 e. The van der Waals surface area contributed by atoms with Crippen molar-refractivity contribution < 1.29 is 0 Å². The van der Waals surface area contributed by atoms with Gasteiger partial charge in [0, 0.05) is 10.4 Å². The standard InChI is InChI=1S/C20H15Br/c21-15-10-11-18-16-8-4-5-9-17(16)19(20(18)13-15)12-14-6-2-1-3-7-14/h1-11,13,19H,12H2. The maximum absolute atomic E-state index is 3.62. The van der Waals surface area contributed by atoms with Gasteiger partial charge < -0.3 is 0 Å². The fourth-order valence-electron chi connectivity index (χ4n) is 3.35. The molecule has 0 fully saturated rings. The molecule has 0 radical (unpaired) electrons. The lowest BCUT2D eigenvalue weighted by atomic mass is 9.90. The van der Waals surface area contributed by atoms with Crippen LogP contribution in [0, 0.1) is 0 Å². The molecule has 0 heterocycles. The van der Waals surface area contributed by atoms with Crippen LogP contribution in [-0.2, 0) is 6.42 Å². The van der Waals surface area contributed by atoms with Gasteiger partial charge in [0.1, 0.15) is 0 Å². The summed E-state index contributed by atoms with van der Waals surface area (Å²) >= 11 is 3.62. The van der Waals surface area contributed by atoms with E-state index in [1.165, 1.54) is 27.8 Å². The summed E-state index contributed by atoms with van der Waals surface area (Å²) in [6, 6.07) is 26.2. The molecule has 0 nitrogen and oxygen atoms in total. The SMILES string of the molecule is Brc1ccc2c(c1)C(Cc1ccccc1)c1ccccc1-2. The molecule has 1 atom stereocenters. The van der Waals surface area contributed by atoms with Crippen LogP contribution in [-0.4, -0.2) is 0 Å². The highest BCUT2D eigenvalue weighted by atomic mass is 79.9. The molecule has 21 heavy (non-hydrogen) atoms. The van der Waals surface area contributed by atoms with Crippen molar-refractivity contribution in [1.82, 2.24) is 0 Å².